The Morgan fingerprint density at radius 3 is 2.39 bits per heavy atom. The summed E-state index contributed by atoms with van der Waals surface area (Å²) in [5, 5.41) is 0. The molecule has 23 heavy (non-hydrogen) atoms. The molecule has 0 N–H and O–H groups in total. The zero-order chi connectivity index (χ0) is 17.1. The van der Waals surface area contributed by atoms with Crippen molar-refractivity contribution in [3.8, 4) is 0 Å². The molecule has 0 amide bonds. The molecule has 5 heteroatoms. The van der Waals surface area contributed by atoms with E-state index in [4.69, 9.17) is 9.47 Å². The average molecular weight is 321 g/mol. The molecule has 0 bridgehead atoms. The summed E-state index contributed by atoms with van der Waals surface area (Å²) in [5.74, 6) is -1.01. The van der Waals surface area contributed by atoms with E-state index in [2.05, 4.69) is 11.9 Å². The van der Waals surface area contributed by atoms with Crippen molar-refractivity contribution in [1.82, 2.24) is 4.98 Å². The highest BCUT2D eigenvalue weighted by Crippen LogP contribution is 2.08. The number of carbonyl (C=O) groups is 2. The minimum atomic E-state index is -0.511. The number of hydrogen-bond donors (Lipinski definition) is 0. The van der Waals surface area contributed by atoms with Crippen molar-refractivity contribution in [2.75, 3.05) is 6.61 Å². The predicted octanol–water partition coefficient (Wildman–Crippen LogP) is 4.16. The summed E-state index contributed by atoms with van der Waals surface area (Å²) < 4.78 is 10.5. The Labute approximate surface area is 138 Å². The van der Waals surface area contributed by atoms with Crippen LogP contribution in [0.1, 0.15) is 80.3 Å². The Hall–Kier alpha value is -1.91. The van der Waals surface area contributed by atoms with Crippen LogP contribution >= 0.6 is 0 Å². The monoisotopic (exact) mass is 321 g/mol. The standard InChI is InChI=1S/C18H27NO4/c1-4-6-7-8-13-22-17(20)15-11-9-12-16(19-15)18(21)23-14(3)10-5-2/h9,11-12,14H,4-8,10,13H2,1-3H3. The van der Waals surface area contributed by atoms with E-state index in [1.54, 1.807) is 18.2 Å². The molecule has 0 aliphatic carbocycles. The van der Waals surface area contributed by atoms with Gasteiger partial charge >= 0.3 is 11.9 Å². The Balaban J connectivity index is 2.54. The molecule has 1 aromatic rings. The lowest BCUT2D eigenvalue weighted by Crippen LogP contribution is -2.17. The molecule has 0 saturated carbocycles. The molecule has 0 aromatic carbocycles. The van der Waals surface area contributed by atoms with Gasteiger partial charge in [-0.05, 0) is 31.9 Å². The smallest absolute Gasteiger partial charge is 0.357 e. The molecule has 0 saturated heterocycles. The van der Waals surface area contributed by atoms with Gasteiger partial charge in [0.1, 0.15) is 11.4 Å². The number of nitrogens with zero attached hydrogens (tertiary/aromatic N) is 1. The van der Waals surface area contributed by atoms with Crippen LogP contribution in [0.5, 0.6) is 0 Å². The molecule has 0 fully saturated rings. The Morgan fingerprint density at radius 1 is 1.04 bits per heavy atom. The summed E-state index contributed by atoms with van der Waals surface area (Å²) in [6.07, 6.45) is 5.72. The fourth-order valence-corrected chi connectivity index (χ4v) is 2.14. The van der Waals surface area contributed by atoms with Crippen LogP contribution < -0.4 is 0 Å². The molecule has 5 nitrogen and oxygen atoms in total. The predicted molar refractivity (Wildman–Crippen MR) is 88.4 cm³/mol. The fraction of sp³-hybridized carbons (Fsp3) is 0.611. The van der Waals surface area contributed by atoms with Crippen molar-refractivity contribution in [2.45, 2.75) is 65.4 Å². The SMILES string of the molecule is CCCCCCOC(=O)c1cccc(C(=O)OC(C)CCC)n1. The molecular formula is C18H27NO4. The lowest BCUT2D eigenvalue weighted by atomic mass is 10.2. The average Bonchev–Trinajstić information content (AvgIpc) is 2.54. The quantitative estimate of drug-likeness (QED) is 0.478. The van der Waals surface area contributed by atoms with Gasteiger partial charge in [-0.2, -0.15) is 0 Å². The lowest BCUT2D eigenvalue weighted by Gasteiger charge is -2.12. The zero-order valence-electron chi connectivity index (χ0n) is 14.3. The van der Waals surface area contributed by atoms with Gasteiger partial charge in [-0.1, -0.05) is 45.6 Å². The summed E-state index contributed by atoms with van der Waals surface area (Å²) in [7, 11) is 0. The second-order valence-corrected chi connectivity index (χ2v) is 5.61. The molecule has 1 unspecified atom stereocenters. The lowest BCUT2D eigenvalue weighted by molar-refractivity contribution is 0.0316. The molecule has 1 rings (SSSR count). The van der Waals surface area contributed by atoms with Crippen LogP contribution in [0.2, 0.25) is 0 Å². The third kappa shape index (κ3) is 7.26. The second-order valence-electron chi connectivity index (χ2n) is 5.61. The van der Waals surface area contributed by atoms with Gasteiger partial charge in [0.2, 0.25) is 0 Å². The van der Waals surface area contributed by atoms with E-state index in [9.17, 15) is 9.59 Å². The second kappa shape index (κ2) is 10.8. The number of carbonyl (C=O) groups excluding carboxylic acids is 2. The van der Waals surface area contributed by atoms with E-state index in [1.807, 2.05) is 13.8 Å². The molecule has 1 aromatic heterocycles. The highest BCUT2D eigenvalue weighted by Gasteiger charge is 2.16. The van der Waals surface area contributed by atoms with Crippen molar-refractivity contribution < 1.29 is 19.1 Å². The molecule has 1 heterocycles. The summed E-state index contributed by atoms with van der Waals surface area (Å²) in [6.45, 7) is 6.38. The first-order valence-electron chi connectivity index (χ1n) is 8.43. The van der Waals surface area contributed by atoms with Crippen LogP contribution in [-0.2, 0) is 9.47 Å². The summed E-state index contributed by atoms with van der Waals surface area (Å²) in [6, 6.07) is 4.70. The summed E-state index contributed by atoms with van der Waals surface area (Å²) in [4.78, 5) is 28.0. The maximum Gasteiger partial charge on any atom is 0.357 e. The Morgan fingerprint density at radius 2 is 1.74 bits per heavy atom. The van der Waals surface area contributed by atoms with Gasteiger partial charge in [0.25, 0.3) is 0 Å². The van der Waals surface area contributed by atoms with E-state index in [-0.39, 0.29) is 17.5 Å². The normalized spacial score (nSPS) is 11.8. The zero-order valence-corrected chi connectivity index (χ0v) is 14.3. The van der Waals surface area contributed by atoms with Gasteiger partial charge < -0.3 is 9.47 Å². The molecule has 128 valence electrons. The molecule has 0 spiro atoms. The number of ether oxygens (including phenoxy) is 2. The van der Waals surface area contributed by atoms with Gasteiger partial charge in [-0.25, -0.2) is 14.6 Å². The number of hydrogen-bond acceptors (Lipinski definition) is 5. The highest BCUT2D eigenvalue weighted by molar-refractivity contribution is 5.91. The van der Waals surface area contributed by atoms with Crippen molar-refractivity contribution in [1.29, 1.82) is 0 Å². The fourth-order valence-electron chi connectivity index (χ4n) is 2.14. The Kier molecular flexibility index (Phi) is 8.95. The van der Waals surface area contributed by atoms with Crippen LogP contribution in [0, 0.1) is 0 Å². The van der Waals surface area contributed by atoms with Crippen molar-refractivity contribution in [2.24, 2.45) is 0 Å². The molecule has 1 atom stereocenters. The van der Waals surface area contributed by atoms with Gasteiger partial charge in [-0.3, -0.25) is 0 Å². The van der Waals surface area contributed by atoms with E-state index in [1.165, 1.54) is 0 Å². The first-order valence-corrected chi connectivity index (χ1v) is 8.43. The third-order valence-electron chi connectivity index (χ3n) is 3.40. The number of unbranched alkanes of at least 4 members (excludes halogenated alkanes) is 3. The molecule has 0 aliphatic heterocycles. The van der Waals surface area contributed by atoms with Crippen LogP contribution in [0.25, 0.3) is 0 Å². The van der Waals surface area contributed by atoms with Crippen LogP contribution in [0.4, 0.5) is 0 Å². The van der Waals surface area contributed by atoms with E-state index >= 15 is 0 Å². The number of aromatic nitrogens is 1. The maximum absolute atomic E-state index is 12.0. The Bertz CT molecular complexity index is 502. The first-order chi connectivity index (χ1) is 11.1. The number of rotatable bonds is 10. The largest absolute Gasteiger partial charge is 0.461 e. The summed E-state index contributed by atoms with van der Waals surface area (Å²) >= 11 is 0. The minimum Gasteiger partial charge on any atom is -0.461 e. The van der Waals surface area contributed by atoms with Gasteiger partial charge in [0.05, 0.1) is 12.7 Å². The van der Waals surface area contributed by atoms with Gasteiger partial charge in [0.15, 0.2) is 0 Å². The minimum absolute atomic E-state index is 0.133. The number of esters is 2. The van der Waals surface area contributed by atoms with Crippen LogP contribution in [0.15, 0.2) is 18.2 Å². The molecule has 0 aliphatic rings. The van der Waals surface area contributed by atoms with E-state index in [0.717, 1.165) is 38.5 Å². The molecular weight excluding hydrogens is 294 g/mol. The maximum atomic E-state index is 12.0. The van der Waals surface area contributed by atoms with Crippen LogP contribution in [-0.4, -0.2) is 29.6 Å². The van der Waals surface area contributed by atoms with Crippen molar-refractivity contribution in [3.63, 3.8) is 0 Å². The first kappa shape index (κ1) is 19.1. The summed E-state index contributed by atoms with van der Waals surface area (Å²) in [5.41, 5.74) is 0.270. The van der Waals surface area contributed by atoms with Crippen LogP contribution in [0.3, 0.4) is 0 Å². The third-order valence-corrected chi connectivity index (χ3v) is 3.40. The van der Waals surface area contributed by atoms with Crippen molar-refractivity contribution in [3.05, 3.63) is 29.6 Å². The van der Waals surface area contributed by atoms with E-state index < -0.39 is 11.9 Å². The van der Waals surface area contributed by atoms with Gasteiger partial charge in [-0.15, -0.1) is 0 Å². The molecule has 0 radical (unpaired) electrons. The van der Waals surface area contributed by atoms with Gasteiger partial charge in [0, 0.05) is 0 Å². The topological polar surface area (TPSA) is 65.5 Å². The highest BCUT2D eigenvalue weighted by atomic mass is 16.5. The van der Waals surface area contributed by atoms with E-state index in [0.29, 0.717) is 6.61 Å². The number of pyridine rings is 1. The van der Waals surface area contributed by atoms with Crippen molar-refractivity contribution >= 4 is 11.9 Å².